The van der Waals surface area contributed by atoms with Crippen LogP contribution in [-0.4, -0.2) is 23.2 Å². The summed E-state index contributed by atoms with van der Waals surface area (Å²) in [5.74, 6) is -0.0498. The van der Waals surface area contributed by atoms with E-state index in [2.05, 4.69) is 5.32 Å². The van der Waals surface area contributed by atoms with Gasteiger partial charge in [-0.15, -0.1) is 0 Å². The SMILES string of the molecule is O=C(Nc1ccc(-n2cccc2)cc1)C1CCCO1. The van der Waals surface area contributed by atoms with Gasteiger partial charge in [-0.05, 0) is 49.2 Å². The van der Waals surface area contributed by atoms with Crippen molar-refractivity contribution in [3.05, 3.63) is 48.8 Å². The molecule has 1 N–H and O–H groups in total. The number of rotatable bonds is 3. The average molecular weight is 256 g/mol. The molecule has 2 aromatic rings. The van der Waals surface area contributed by atoms with Crippen molar-refractivity contribution in [3.63, 3.8) is 0 Å². The van der Waals surface area contributed by atoms with Crippen LogP contribution in [0.3, 0.4) is 0 Å². The van der Waals surface area contributed by atoms with Crippen LogP contribution in [0.1, 0.15) is 12.8 Å². The van der Waals surface area contributed by atoms with Crippen molar-refractivity contribution in [2.75, 3.05) is 11.9 Å². The van der Waals surface area contributed by atoms with Gasteiger partial charge < -0.3 is 14.6 Å². The minimum Gasteiger partial charge on any atom is -0.368 e. The van der Waals surface area contributed by atoms with E-state index in [1.807, 2.05) is 53.4 Å². The normalized spacial score (nSPS) is 18.4. The molecule has 1 aliphatic heterocycles. The predicted molar refractivity (Wildman–Crippen MR) is 73.4 cm³/mol. The minimum atomic E-state index is -0.288. The number of benzene rings is 1. The molecule has 1 atom stereocenters. The second-order valence-corrected chi connectivity index (χ2v) is 4.63. The second kappa shape index (κ2) is 5.28. The van der Waals surface area contributed by atoms with E-state index in [0.717, 1.165) is 24.2 Å². The maximum atomic E-state index is 11.9. The van der Waals surface area contributed by atoms with E-state index in [0.29, 0.717) is 6.61 Å². The molecule has 0 spiro atoms. The van der Waals surface area contributed by atoms with Crippen LogP contribution in [0.2, 0.25) is 0 Å². The van der Waals surface area contributed by atoms with E-state index in [1.165, 1.54) is 0 Å². The third kappa shape index (κ3) is 2.69. The Balaban J connectivity index is 1.67. The van der Waals surface area contributed by atoms with E-state index < -0.39 is 0 Å². The van der Waals surface area contributed by atoms with E-state index >= 15 is 0 Å². The number of ether oxygens (including phenoxy) is 1. The molecule has 3 rings (SSSR count). The fraction of sp³-hybridized carbons (Fsp3) is 0.267. The zero-order chi connectivity index (χ0) is 13.1. The van der Waals surface area contributed by atoms with Crippen LogP contribution in [0, 0.1) is 0 Å². The van der Waals surface area contributed by atoms with Gasteiger partial charge in [0.1, 0.15) is 6.10 Å². The lowest BCUT2D eigenvalue weighted by Gasteiger charge is -2.11. The predicted octanol–water partition coefficient (Wildman–Crippen LogP) is 2.59. The van der Waals surface area contributed by atoms with Crippen LogP contribution < -0.4 is 5.32 Å². The molecule has 1 saturated heterocycles. The summed E-state index contributed by atoms with van der Waals surface area (Å²) in [7, 11) is 0. The first kappa shape index (κ1) is 12.0. The molecule has 98 valence electrons. The van der Waals surface area contributed by atoms with E-state index in [9.17, 15) is 4.79 Å². The number of amides is 1. The molecule has 19 heavy (non-hydrogen) atoms. The van der Waals surface area contributed by atoms with E-state index in [4.69, 9.17) is 4.74 Å². The van der Waals surface area contributed by atoms with Gasteiger partial charge >= 0.3 is 0 Å². The van der Waals surface area contributed by atoms with Crippen molar-refractivity contribution in [2.45, 2.75) is 18.9 Å². The molecular weight excluding hydrogens is 240 g/mol. The molecule has 1 amide bonds. The monoisotopic (exact) mass is 256 g/mol. The lowest BCUT2D eigenvalue weighted by molar-refractivity contribution is -0.124. The molecular formula is C15H16N2O2. The van der Waals surface area contributed by atoms with Crippen molar-refractivity contribution in [3.8, 4) is 5.69 Å². The molecule has 1 aliphatic rings. The summed E-state index contributed by atoms with van der Waals surface area (Å²) in [5.41, 5.74) is 1.87. The first-order valence-corrected chi connectivity index (χ1v) is 6.49. The maximum Gasteiger partial charge on any atom is 0.253 e. The summed E-state index contributed by atoms with van der Waals surface area (Å²) in [4.78, 5) is 11.9. The van der Waals surface area contributed by atoms with Crippen LogP contribution >= 0.6 is 0 Å². The number of hydrogen-bond acceptors (Lipinski definition) is 2. The molecule has 1 unspecified atom stereocenters. The van der Waals surface area contributed by atoms with Crippen LogP contribution in [-0.2, 0) is 9.53 Å². The third-order valence-corrected chi connectivity index (χ3v) is 3.26. The summed E-state index contributed by atoms with van der Waals surface area (Å²) in [6.45, 7) is 0.685. The molecule has 4 nitrogen and oxygen atoms in total. The molecule has 0 radical (unpaired) electrons. The largest absolute Gasteiger partial charge is 0.368 e. The van der Waals surface area contributed by atoms with Gasteiger partial charge in [-0.2, -0.15) is 0 Å². The van der Waals surface area contributed by atoms with Crippen molar-refractivity contribution in [1.82, 2.24) is 4.57 Å². The number of hydrogen-bond donors (Lipinski definition) is 1. The van der Waals surface area contributed by atoms with Crippen LogP contribution in [0.25, 0.3) is 5.69 Å². The van der Waals surface area contributed by atoms with Gasteiger partial charge in [-0.25, -0.2) is 0 Å². The van der Waals surface area contributed by atoms with Gasteiger partial charge in [0.25, 0.3) is 5.91 Å². The zero-order valence-electron chi connectivity index (χ0n) is 10.6. The topological polar surface area (TPSA) is 43.3 Å². The summed E-state index contributed by atoms with van der Waals surface area (Å²) in [6.07, 6.45) is 5.46. The van der Waals surface area contributed by atoms with Crippen molar-refractivity contribution < 1.29 is 9.53 Å². The maximum absolute atomic E-state index is 11.9. The highest BCUT2D eigenvalue weighted by atomic mass is 16.5. The average Bonchev–Trinajstić information content (AvgIpc) is 3.13. The fourth-order valence-corrected chi connectivity index (χ4v) is 2.23. The third-order valence-electron chi connectivity index (χ3n) is 3.26. The Bertz CT molecular complexity index is 540. The lowest BCUT2D eigenvalue weighted by atomic mass is 10.2. The highest BCUT2D eigenvalue weighted by molar-refractivity contribution is 5.94. The first-order valence-electron chi connectivity index (χ1n) is 6.49. The standard InChI is InChI=1S/C15H16N2O2/c18-15(14-4-3-11-19-14)16-12-5-7-13(8-6-12)17-9-1-2-10-17/h1-2,5-10,14H,3-4,11H2,(H,16,18). The van der Waals surface area contributed by atoms with Crippen molar-refractivity contribution >= 4 is 11.6 Å². The highest BCUT2D eigenvalue weighted by Gasteiger charge is 2.23. The Morgan fingerprint density at radius 3 is 2.58 bits per heavy atom. The van der Waals surface area contributed by atoms with Gasteiger partial charge in [0.05, 0.1) is 0 Å². The fourth-order valence-electron chi connectivity index (χ4n) is 2.23. The summed E-state index contributed by atoms with van der Waals surface area (Å²) >= 11 is 0. The number of carbonyl (C=O) groups excluding carboxylic acids is 1. The smallest absolute Gasteiger partial charge is 0.253 e. The van der Waals surface area contributed by atoms with Crippen molar-refractivity contribution in [2.24, 2.45) is 0 Å². The second-order valence-electron chi connectivity index (χ2n) is 4.63. The van der Waals surface area contributed by atoms with Crippen molar-refractivity contribution in [1.29, 1.82) is 0 Å². The van der Waals surface area contributed by atoms with E-state index in [-0.39, 0.29) is 12.0 Å². The number of anilines is 1. The van der Waals surface area contributed by atoms with Gasteiger partial charge in [0, 0.05) is 30.4 Å². The molecule has 0 aliphatic carbocycles. The Kier molecular flexibility index (Phi) is 3.33. The van der Waals surface area contributed by atoms with Gasteiger partial charge in [0.2, 0.25) is 0 Å². The number of nitrogens with zero attached hydrogens (tertiary/aromatic N) is 1. The zero-order valence-corrected chi connectivity index (χ0v) is 10.6. The molecule has 0 bridgehead atoms. The Morgan fingerprint density at radius 2 is 1.95 bits per heavy atom. The number of aromatic nitrogens is 1. The lowest BCUT2D eigenvalue weighted by Crippen LogP contribution is -2.26. The minimum absolute atomic E-state index is 0.0498. The number of nitrogens with one attached hydrogen (secondary N) is 1. The Labute approximate surface area is 112 Å². The van der Waals surface area contributed by atoms with Gasteiger partial charge in [-0.3, -0.25) is 4.79 Å². The van der Waals surface area contributed by atoms with E-state index in [1.54, 1.807) is 0 Å². The Morgan fingerprint density at radius 1 is 1.21 bits per heavy atom. The molecule has 4 heteroatoms. The van der Waals surface area contributed by atoms with Gasteiger partial charge in [0.15, 0.2) is 0 Å². The summed E-state index contributed by atoms with van der Waals surface area (Å²) in [5, 5.41) is 2.88. The van der Waals surface area contributed by atoms with Crippen LogP contribution in [0.5, 0.6) is 0 Å². The van der Waals surface area contributed by atoms with Crippen LogP contribution in [0.4, 0.5) is 5.69 Å². The number of carbonyl (C=O) groups is 1. The molecule has 2 heterocycles. The molecule has 1 aromatic heterocycles. The summed E-state index contributed by atoms with van der Waals surface area (Å²) in [6, 6.07) is 11.7. The first-order chi connectivity index (χ1) is 9.33. The summed E-state index contributed by atoms with van der Waals surface area (Å²) < 4.78 is 7.37. The molecule has 1 aromatic carbocycles. The Hall–Kier alpha value is -2.07. The van der Waals surface area contributed by atoms with Crippen LogP contribution in [0.15, 0.2) is 48.8 Å². The van der Waals surface area contributed by atoms with Gasteiger partial charge in [-0.1, -0.05) is 0 Å². The molecule has 0 saturated carbocycles. The highest BCUT2D eigenvalue weighted by Crippen LogP contribution is 2.17. The molecule has 1 fully saturated rings. The quantitative estimate of drug-likeness (QED) is 0.917.